The van der Waals surface area contributed by atoms with E-state index in [1.807, 2.05) is 26.0 Å². The summed E-state index contributed by atoms with van der Waals surface area (Å²) in [6, 6.07) is 5.07. The molecule has 0 radical (unpaired) electrons. The fraction of sp³-hybridized carbons (Fsp3) is 0.500. The first kappa shape index (κ1) is 19.4. The summed E-state index contributed by atoms with van der Waals surface area (Å²) in [6.07, 6.45) is 4.35. The van der Waals surface area contributed by atoms with E-state index in [0.29, 0.717) is 36.0 Å². The predicted molar refractivity (Wildman–Crippen MR) is 109 cm³/mol. The molecular weight excluding hydrogens is 342 g/mol. The van der Waals surface area contributed by atoms with Crippen molar-refractivity contribution in [3.8, 4) is 5.75 Å². The molecule has 7 nitrogen and oxygen atoms in total. The third-order valence-corrected chi connectivity index (χ3v) is 5.03. The average Bonchev–Trinajstić information content (AvgIpc) is 3.00. The molecule has 2 fully saturated rings. The van der Waals surface area contributed by atoms with Crippen LogP contribution >= 0.6 is 0 Å². The summed E-state index contributed by atoms with van der Waals surface area (Å²) < 4.78 is 11.4. The molecule has 2 heterocycles. The SMILES string of the molecule is C=C(/N=C\N=C(C)C(N)c1cc(OCC)ccc1N)N1CC2CCC(C1)O2. The molecule has 4 N–H and O–H groups in total. The van der Waals surface area contributed by atoms with Crippen LogP contribution in [0.2, 0.25) is 0 Å². The second-order valence-electron chi connectivity index (χ2n) is 7.00. The van der Waals surface area contributed by atoms with Crippen LogP contribution in [0.15, 0.2) is 40.6 Å². The number of fused-ring (bicyclic) bond motifs is 2. The van der Waals surface area contributed by atoms with E-state index in [2.05, 4.69) is 21.5 Å². The molecule has 0 amide bonds. The summed E-state index contributed by atoms with van der Waals surface area (Å²) in [5, 5.41) is 0. The lowest BCUT2D eigenvalue weighted by molar-refractivity contribution is -0.0268. The molecule has 1 aromatic carbocycles. The van der Waals surface area contributed by atoms with E-state index in [0.717, 1.165) is 37.2 Å². The van der Waals surface area contributed by atoms with Gasteiger partial charge >= 0.3 is 0 Å². The lowest BCUT2D eigenvalue weighted by Crippen LogP contribution is -2.41. The number of ether oxygens (including phenoxy) is 2. The Morgan fingerprint density at radius 2 is 2.11 bits per heavy atom. The van der Waals surface area contributed by atoms with Gasteiger partial charge in [-0.2, -0.15) is 0 Å². The van der Waals surface area contributed by atoms with Crippen LogP contribution in [-0.2, 0) is 4.74 Å². The molecule has 27 heavy (non-hydrogen) atoms. The van der Waals surface area contributed by atoms with Crippen LogP contribution in [0.1, 0.15) is 38.3 Å². The van der Waals surface area contributed by atoms with Gasteiger partial charge in [0.1, 0.15) is 17.9 Å². The third-order valence-electron chi connectivity index (χ3n) is 5.03. The monoisotopic (exact) mass is 371 g/mol. The van der Waals surface area contributed by atoms with Crippen molar-refractivity contribution in [1.82, 2.24) is 4.90 Å². The van der Waals surface area contributed by atoms with E-state index in [4.69, 9.17) is 20.9 Å². The Balaban J connectivity index is 1.63. The predicted octanol–water partition coefficient (Wildman–Crippen LogP) is 2.49. The molecule has 1 aromatic rings. The lowest BCUT2D eigenvalue weighted by atomic mass is 10.0. The first-order valence-electron chi connectivity index (χ1n) is 9.41. The Labute approximate surface area is 160 Å². The highest BCUT2D eigenvalue weighted by Crippen LogP contribution is 2.28. The summed E-state index contributed by atoms with van der Waals surface area (Å²) in [7, 11) is 0. The van der Waals surface area contributed by atoms with Gasteiger partial charge in [-0.15, -0.1) is 0 Å². The maximum absolute atomic E-state index is 6.33. The summed E-state index contributed by atoms with van der Waals surface area (Å²) >= 11 is 0. The number of morpholine rings is 1. The maximum Gasteiger partial charge on any atom is 0.123 e. The minimum atomic E-state index is -0.427. The van der Waals surface area contributed by atoms with Crippen LogP contribution in [0.3, 0.4) is 0 Å². The third kappa shape index (κ3) is 4.67. The number of nitrogens with two attached hydrogens (primary N) is 2. The van der Waals surface area contributed by atoms with Crippen molar-refractivity contribution in [2.45, 2.75) is 44.9 Å². The number of hydrogen-bond donors (Lipinski definition) is 2. The van der Waals surface area contributed by atoms with Gasteiger partial charge in [0, 0.05) is 30.1 Å². The van der Waals surface area contributed by atoms with E-state index in [9.17, 15) is 0 Å². The van der Waals surface area contributed by atoms with Gasteiger partial charge in [0.2, 0.25) is 0 Å². The number of likely N-dealkylation sites (tertiary alicyclic amines) is 1. The van der Waals surface area contributed by atoms with E-state index >= 15 is 0 Å². The molecule has 2 aliphatic rings. The Morgan fingerprint density at radius 1 is 1.41 bits per heavy atom. The average molecular weight is 371 g/mol. The zero-order valence-corrected chi connectivity index (χ0v) is 16.1. The molecule has 2 aliphatic heterocycles. The Kier molecular flexibility index (Phi) is 6.13. The van der Waals surface area contributed by atoms with Gasteiger partial charge in [-0.25, -0.2) is 9.98 Å². The molecule has 0 saturated carbocycles. The van der Waals surface area contributed by atoms with Crippen molar-refractivity contribution in [3.05, 3.63) is 36.2 Å². The first-order chi connectivity index (χ1) is 13.0. The number of hydrogen-bond acceptors (Lipinski definition) is 6. The number of aliphatic imine (C=N–C) groups is 2. The molecule has 0 spiro atoms. The second kappa shape index (κ2) is 8.54. The van der Waals surface area contributed by atoms with Crippen LogP contribution < -0.4 is 16.2 Å². The van der Waals surface area contributed by atoms with Gasteiger partial charge in [-0.1, -0.05) is 6.58 Å². The quantitative estimate of drug-likeness (QED) is 0.436. The topological polar surface area (TPSA) is 98.5 Å². The number of benzene rings is 1. The zero-order valence-electron chi connectivity index (χ0n) is 16.1. The summed E-state index contributed by atoms with van der Waals surface area (Å²) in [5.74, 6) is 1.45. The zero-order chi connectivity index (χ0) is 19.4. The highest BCUT2D eigenvalue weighted by molar-refractivity contribution is 5.94. The van der Waals surface area contributed by atoms with Crippen molar-refractivity contribution < 1.29 is 9.47 Å². The highest BCUT2D eigenvalue weighted by Gasteiger charge is 2.33. The van der Waals surface area contributed by atoms with Crippen LogP contribution in [0.25, 0.3) is 0 Å². The molecule has 0 aliphatic carbocycles. The van der Waals surface area contributed by atoms with Crippen LogP contribution in [0, 0.1) is 0 Å². The molecule has 3 unspecified atom stereocenters. The summed E-state index contributed by atoms with van der Waals surface area (Å²) in [5.41, 5.74) is 14.5. The molecule has 2 saturated heterocycles. The normalized spacial score (nSPS) is 23.7. The summed E-state index contributed by atoms with van der Waals surface area (Å²) in [6.45, 7) is 10.1. The molecule has 2 bridgehead atoms. The fourth-order valence-corrected chi connectivity index (χ4v) is 3.48. The Morgan fingerprint density at radius 3 is 2.78 bits per heavy atom. The van der Waals surface area contributed by atoms with Gasteiger partial charge in [0.25, 0.3) is 0 Å². The van der Waals surface area contributed by atoms with Crippen molar-refractivity contribution in [1.29, 1.82) is 0 Å². The van der Waals surface area contributed by atoms with Gasteiger partial charge in [-0.05, 0) is 44.9 Å². The van der Waals surface area contributed by atoms with E-state index in [-0.39, 0.29) is 0 Å². The van der Waals surface area contributed by atoms with Crippen LogP contribution in [0.4, 0.5) is 5.69 Å². The van der Waals surface area contributed by atoms with Gasteiger partial charge < -0.3 is 25.8 Å². The fourth-order valence-electron chi connectivity index (χ4n) is 3.48. The molecular formula is C20H29N5O2. The standard InChI is InChI=1S/C20H29N5O2/c1-4-26-15-7-8-19(21)18(9-15)20(22)13(2)23-12-24-14(3)25-10-16-5-6-17(11-25)27-16/h7-9,12,16-17,20H,3-6,10-11,21-22H2,1-2H3/b23-13?,24-12-. The lowest BCUT2D eigenvalue weighted by Gasteiger charge is -2.33. The number of anilines is 1. The second-order valence-corrected chi connectivity index (χ2v) is 7.00. The molecule has 7 heteroatoms. The molecule has 146 valence electrons. The molecule has 3 atom stereocenters. The Hall–Kier alpha value is -2.38. The van der Waals surface area contributed by atoms with E-state index < -0.39 is 6.04 Å². The number of nitrogen functional groups attached to an aromatic ring is 1. The van der Waals surface area contributed by atoms with Gasteiger partial charge in [0.05, 0.1) is 24.9 Å². The van der Waals surface area contributed by atoms with Crippen molar-refractivity contribution in [2.75, 3.05) is 25.4 Å². The smallest absolute Gasteiger partial charge is 0.123 e. The van der Waals surface area contributed by atoms with Crippen molar-refractivity contribution in [2.24, 2.45) is 15.7 Å². The highest BCUT2D eigenvalue weighted by atomic mass is 16.5. The van der Waals surface area contributed by atoms with Crippen LogP contribution in [0.5, 0.6) is 5.75 Å². The van der Waals surface area contributed by atoms with Gasteiger partial charge in [0.15, 0.2) is 0 Å². The van der Waals surface area contributed by atoms with Crippen LogP contribution in [-0.4, -0.2) is 48.9 Å². The first-order valence-corrected chi connectivity index (χ1v) is 9.41. The summed E-state index contributed by atoms with van der Waals surface area (Å²) in [4.78, 5) is 10.9. The number of rotatable bonds is 7. The van der Waals surface area contributed by atoms with Gasteiger partial charge in [-0.3, -0.25) is 0 Å². The molecule has 3 rings (SSSR count). The molecule has 0 aromatic heterocycles. The van der Waals surface area contributed by atoms with Crippen molar-refractivity contribution >= 4 is 17.7 Å². The van der Waals surface area contributed by atoms with E-state index in [1.54, 1.807) is 6.07 Å². The Bertz CT molecular complexity index is 734. The minimum Gasteiger partial charge on any atom is -0.494 e. The van der Waals surface area contributed by atoms with E-state index in [1.165, 1.54) is 6.34 Å². The number of nitrogens with zero attached hydrogens (tertiary/aromatic N) is 3. The minimum absolute atomic E-state index is 0.301. The van der Waals surface area contributed by atoms with Crippen molar-refractivity contribution in [3.63, 3.8) is 0 Å². The largest absolute Gasteiger partial charge is 0.494 e. The maximum atomic E-state index is 6.33.